The van der Waals surface area contributed by atoms with E-state index in [1.165, 1.54) is 0 Å². The fourth-order valence-corrected chi connectivity index (χ4v) is 2.66. The summed E-state index contributed by atoms with van der Waals surface area (Å²) in [6, 6.07) is 0. The second-order valence-corrected chi connectivity index (χ2v) is 3.98. The highest BCUT2D eigenvalue weighted by Gasteiger charge is 2.64. The number of carbonyl (C=O) groups is 4. The van der Waals surface area contributed by atoms with Gasteiger partial charge in [0.05, 0.1) is 23.7 Å². The van der Waals surface area contributed by atoms with Gasteiger partial charge < -0.3 is 9.47 Å². The molecule has 1 saturated carbocycles. The van der Waals surface area contributed by atoms with Crippen molar-refractivity contribution in [1.82, 2.24) is 0 Å². The number of rotatable bonds is 0. The predicted octanol–water partition coefficient (Wildman–Crippen LogP) is -0.978. The predicted molar refractivity (Wildman–Crippen MR) is 40.8 cm³/mol. The molecular weight excluding hydrogens is 204 g/mol. The summed E-state index contributed by atoms with van der Waals surface area (Å²) < 4.78 is 8.85. The number of esters is 4. The minimum absolute atomic E-state index is 0.185. The highest BCUT2D eigenvalue weighted by atomic mass is 16.6. The van der Waals surface area contributed by atoms with E-state index < -0.39 is 47.5 Å². The summed E-state index contributed by atoms with van der Waals surface area (Å²) in [5.74, 6) is -5.54. The lowest BCUT2D eigenvalue weighted by Gasteiger charge is -2.06. The Morgan fingerprint density at radius 1 is 0.733 bits per heavy atom. The molecule has 0 spiro atoms. The van der Waals surface area contributed by atoms with E-state index in [1.54, 1.807) is 0 Å². The van der Waals surface area contributed by atoms with Crippen molar-refractivity contribution < 1.29 is 28.7 Å². The van der Waals surface area contributed by atoms with Gasteiger partial charge in [-0.05, 0) is 6.42 Å². The van der Waals surface area contributed by atoms with Gasteiger partial charge in [-0.15, -0.1) is 0 Å². The lowest BCUT2D eigenvalue weighted by atomic mass is 9.90. The average molecular weight is 210 g/mol. The van der Waals surface area contributed by atoms with Gasteiger partial charge in [-0.1, -0.05) is 0 Å². The molecule has 2 saturated heterocycles. The molecule has 3 rings (SSSR count). The van der Waals surface area contributed by atoms with E-state index in [0.29, 0.717) is 0 Å². The van der Waals surface area contributed by atoms with Crippen molar-refractivity contribution in [3.05, 3.63) is 0 Å². The van der Waals surface area contributed by atoms with Crippen LogP contribution in [0.1, 0.15) is 6.42 Å². The van der Waals surface area contributed by atoms with Crippen molar-refractivity contribution in [3.8, 4) is 0 Å². The zero-order valence-electron chi connectivity index (χ0n) is 7.47. The Labute approximate surface area is 83.5 Å². The molecule has 0 N–H and O–H groups in total. The van der Waals surface area contributed by atoms with Crippen molar-refractivity contribution in [2.45, 2.75) is 6.42 Å². The molecule has 1 unspecified atom stereocenters. The highest BCUT2D eigenvalue weighted by molar-refractivity contribution is 6.05. The van der Waals surface area contributed by atoms with Crippen LogP contribution in [0.4, 0.5) is 0 Å². The van der Waals surface area contributed by atoms with Gasteiger partial charge in [-0.2, -0.15) is 0 Å². The fourth-order valence-electron chi connectivity index (χ4n) is 2.66. The first-order valence-electron chi connectivity index (χ1n) is 4.60. The Bertz CT molecular complexity index is 373. The Hall–Kier alpha value is -1.72. The van der Waals surface area contributed by atoms with Crippen LogP contribution in [0.2, 0.25) is 0 Å². The summed E-state index contributed by atoms with van der Waals surface area (Å²) in [6.45, 7) is 0. The van der Waals surface area contributed by atoms with Gasteiger partial charge in [0.25, 0.3) is 0 Å². The molecule has 0 radical (unpaired) electrons. The number of hydrogen-bond donors (Lipinski definition) is 0. The molecule has 2 heterocycles. The first-order chi connectivity index (χ1) is 7.09. The fraction of sp³-hybridized carbons (Fsp3) is 0.556. The van der Waals surface area contributed by atoms with E-state index in [1.807, 2.05) is 0 Å². The summed E-state index contributed by atoms with van der Waals surface area (Å²) in [5, 5.41) is 0. The van der Waals surface area contributed by atoms with Crippen LogP contribution in [0.3, 0.4) is 0 Å². The van der Waals surface area contributed by atoms with Crippen LogP contribution >= 0.6 is 0 Å². The second kappa shape index (κ2) is 2.44. The first-order valence-corrected chi connectivity index (χ1v) is 4.60. The van der Waals surface area contributed by atoms with E-state index in [-0.39, 0.29) is 6.42 Å². The SMILES string of the molecule is O=C1OC(=O)[C@@H]2C[C@@H]3C(=O)OC(=O)[C@@H]3C12. The zero-order valence-corrected chi connectivity index (χ0v) is 7.47. The molecule has 3 fully saturated rings. The van der Waals surface area contributed by atoms with Crippen LogP contribution < -0.4 is 0 Å². The number of fused-ring (bicyclic) bond motifs is 3. The van der Waals surface area contributed by atoms with Crippen LogP contribution in [-0.4, -0.2) is 23.9 Å². The third-order valence-electron chi connectivity index (χ3n) is 3.31. The number of ether oxygens (including phenoxy) is 2. The first kappa shape index (κ1) is 8.58. The van der Waals surface area contributed by atoms with Gasteiger partial charge in [0.15, 0.2) is 0 Å². The molecule has 78 valence electrons. The maximum atomic E-state index is 11.3. The molecule has 0 aromatic rings. The Morgan fingerprint density at radius 2 is 1.13 bits per heavy atom. The van der Waals surface area contributed by atoms with E-state index in [9.17, 15) is 19.2 Å². The summed E-state index contributed by atoms with van der Waals surface area (Å²) >= 11 is 0. The Balaban J connectivity index is 2.03. The van der Waals surface area contributed by atoms with Gasteiger partial charge in [0.1, 0.15) is 0 Å². The smallest absolute Gasteiger partial charge is 0.318 e. The van der Waals surface area contributed by atoms with Crippen LogP contribution in [-0.2, 0) is 28.7 Å². The maximum absolute atomic E-state index is 11.3. The molecule has 6 heteroatoms. The van der Waals surface area contributed by atoms with Gasteiger partial charge >= 0.3 is 23.9 Å². The van der Waals surface area contributed by atoms with Crippen LogP contribution in [0.5, 0.6) is 0 Å². The van der Waals surface area contributed by atoms with Crippen molar-refractivity contribution in [2.75, 3.05) is 0 Å². The summed E-state index contributed by atoms with van der Waals surface area (Å²) in [5.41, 5.74) is 0. The molecular formula is C9H6O6. The van der Waals surface area contributed by atoms with Crippen molar-refractivity contribution in [3.63, 3.8) is 0 Å². The molecule has 0 aromatic carbocycles. The van der Waals surface area contributed by atoms with Crippen molar-refractivity contribution >= 4 is 23.9 Å². The largest absolute Gasteiger partial charge is 0.393 e. The number of hydrogen-bond acceptors (Lipinski definition) is 6. The molecule has 0 bridgehead atoms. The molecule has 15 heavy (non-hydrogen) atoms. The molecule has 6 nitrogen and oxygen atoms in total. The standard InChI is InChI=1S/C9H6O6/c10-6-2-1-3-5(4(2)8(12)14-6)9(13)15-7(3)11/h2-5H,1H2/t2-,3+,4-,5?/m0/s1. The Morgan fingerprint density at radius 3 is 1.53 bits per heavy atom. The topological polar surface area (TPSA) is 86.7 Å². The lowest BCUT2D eigenvalue weighted by molar-refractivity contribution is -0.158. The minimum atomic E-state index is -0.804. The van der Waals surface area contributed by atoms with Crippen molar-refractivity contribution in [2.24, 2.45) is 23.7 Å². The maximum Gasteiger partial charge on any atom is 0.318 e. The van der Waals surface area contributed by atoms with Crippen molar-refractivity contribution in [1.29, 1.82) is 0 Å². The lowest BCUT2D eigenvalue weighted by Crippen LogP contribution is -2.24. The number of cyclic esters (lactones) is 4. The monoisotopic (exact) mass is 210 g/mol. The quantitative estimate of drug-likeness (QED) is 0.377. The molecule has 1 aliphatic carbocycles. The van der Waals surface area contributed by atoms with Gasteiger partial charge in [0, 0.05) is 0 Å². The van der Waals surface area contributed by atoms with E-state index >= 15 is 0 Å². The molecule has 0 amide bonds. The Kier molecular flexibility index (Phi) is 1.40. The van der Waals surface area contributed by atoms with Gasteiger partial charge in [-0.25, -0.2) is 0 Å². The molecule has 2 aliphatic heterocycles. The third-order valence-corrected chi connectivity index (χ3v) is 3.31. The van der Waals surface area contributed by atoms with E-state index in [4.69, 9.17) is 0 Å². The molecule has 0 aromatic heterocycles. The van der Waals surface area contributed by atoms with Crippen LogP contribution in [0.25, 0.3) is 0 Å². The van der Waals surface area contributed by atoms with E-state index in [2.05, 4.69) is 9.47 Å². The highest BCUT2D eigenvalue weighted by Crippen LogP contribution is 2.49. The van der Waals surface area contributed by atoms with Crippen LogP contribution in [0.15, 0.2) is 0 Å². The third kappa shape index (κ3) is 0.886. The average Bonchev–Trinajstić information content (AvgIpc) is 2.72. The minimum Gasteiger partial charge on any atom is -0.393 e. The van der Waals surface area contributed by atoms with E-state index in [0.717, 1.165) is 0 Å². The van der Waals surface area contributed by atoms with Gasteiger partial charge in [0.2, 0.25) is 0 Å². The summed E-state index contributed by atoms with van der Waals surface area (Å²) in [4.78, 5) is 45.0. The van der Waals surface area contributed by atoms with Gasteiger partial charge in [-0.3, -0.25) is 19.2 Å². The normalized spacial score (nSPS) is 42.7. The zero-order chi connectivity index (χ0) is 10.7. The summed E-state index contributed by atoms with van der Waals surface area (Å²) in [6.07, 6.45) is 0.185. The summed E-state index contributed by atoms with van der Waals surface area (Å²) in [7, 11) is 0. The number of carbonyl (C=O) groups excluding carboxylic acids is 4. The van der Waals surface area contributed by atoms with Crippen LogP contribution in [0, 0.1) is 23.7 Å². The molecule has 3 aliphatic rings. The second-order valence-electron chi connectivity index (χ2n) is 3.98. The molecule has 4 atom stereocenters.